The normalized spacial score (nSPS) is 11.4. The number of rotatable bonds is 7. The molecular formula is C15H22O4. The van der Waals surface area contributed by atoms with E-state index in [-0.39, 0.29) is 5.97 Å². The number of esters is 1. The number of hydrogen-bond acceptors (Lipinski definition) is 4. The molecule has 1 aromatic carbocycles. The fraction of sp³-hybridized carbons (Fsp3) is 0.533. The number of benzene rings is 1. The van der Waals surface area contributed by atoms with Crippen LogP contribution in [0.5, 0.6) is 5.75 Å². The van der Waals surface area contributed by atoms with Crippen molar-refractivity contribution in [3.63, 3.8) is 0 Å². The minimum Gasteiger partial charge on any atom is -0.427 e. The van der Waals surface area contributed by atoms with E-state index in [0.717, 1.165) is 24.8 Å². The largest absolute Gasteiger partial charge is 0.427 e. The SMILES string of the molecule is CCCCCC(=O)Oc1ccc(C(C)(C)OO)cc1. The average molecular weight is 266 g/mol. The summed E-state index contributed by atoms with van der Waals surface area (Å²) in [5.41, 5.74) is 0.0321. The number of hydrogen-bond donors (Lipinski definition) is 1. The van der Waals surface area contributed by atoms with Gasteiger partial charge in [-0.25, -0.2) is 4.89 Å². The first-order valence-corrected chi connectivity index (χ1v) is 6.63. The molecule has 0 aliphatic heterocycles. The summed E-state index contributed by atoms with van der Waals surface area (Å²) >= 11 is 0. The predicted molar refractivity (Wildman–Crippen MR) is 73.0 cm³/mol. The fourth-order valence-corrected chi connectivity index (χ4v) is 1.68. The summed E-state index contributed by atoms with van der Waals surface area (Å²) in [6.07, 6.45) is 3.42. The summed E-state index contributed by atoms with van der Waals surface area (Å²) in [6, 6.07) is 6.94. The topological polar surface area (TPSA) is 55.8 Å². The molecule has 0 saturated heterocycles. The Kier molecular flexibility index (Phi) is 5.99. The van der Waals surface area contributed by atoms with Gasteiger partial charge in [-0.2, -0.15) is 0 Å². The molecule has 0 aromatic heterocycles. The van der Waals surface area contributed by atoms with Crippen molar-refractivity contribution in [1.29, 1.82) is 0 Å². The van der Waals surface area contributed by atoms with Crippen molar-refractivity contribution in [1.82, 2.24) is 0 Å². The van der Waals surface area contributed by atoms with E-state index >= 15 is 0 Å². The lowest BCUT2D eigenvalue weighted by atomic mass is 9.98. The summed E-state index contributed by atoms with van der Waals surface area (Å²) in [4.78, 5) is 15.9. The maximum absolute atomic E-state index is 11.5. The quantitative estimate of drug-likeness (QED) is 0.267. The molecule has 1 N–H and O–H groups in total. The first kappa shape index (κ1) is 15.7. The van der Waals surface area contributed by atoms with Crippen LogP contribution >= 0.6 is 0 Å². The summed E-state index contributed by atoms with van der Waals surface area (Å²) in [7, 11) is 0. The van der Waals surface area contributed by atoms with Crippen LogP contribution in [0.2, 0.25) is 0 Å². The highest BCUT2D eigenvalue weighted by Crippen LogP contribution is 2.25. The Morgan fingerprint density at radius 3 is 2.37 bits per heavy atom. The fourth-order valence-electron chi connectivity index (χ4n) is 1.68. The minimum absolute atomic E-state index is 0.209. The van der Waals surface area contributed by atoms with Crippen molar-refractivity contribution in [2.45, 2.75) is 52.1 Å². The lowest BCUT2D eigenvalue weighted by Gasteiger charge is -2.20. The van der Waals surface area contributed by atoms with Gasteiger partial charge in [0.25, 0.3) is 0 Å². The van der Waals surface area contributed by atoms with E-state index in [0.29, 0.717) is 12.2 Å². The smallest absolute Gasteiger partial charge is 0.311 e. The molecule has 0 unspecified atom stereocenters. The Morgan fingerprint density at radius 1 is 1.21 bits per heavy atom. The highest BCUT2D eigenvalue weighted by atomic mass is 17.1. The lowest BCUT2D eigenvalue weighted by Crippen LogP contribution is -2.19. The number of carbonyl (C=O) groups is 1. The van der Waals surface area contributed by atoms with Gasteiger partial charge in [-0.15, -0.1) is 0 Å². The Hall–Kier alpha value is -1.39. The minimum atomic E-state index is -0.774. The highest BCUT2D eigenvalue weighted by molar-refractivity contribution is 5.72. The van der Waals surface area contributed by atoms with Gasteiger partial charge < -0.3 is 4.74 Å². The van der Waals surface area contributed by atoms with Crippen LogP contribution in [0.25, 0.3) is 0 Å². The number of unbranched alkanes of at least 4 members (excludes halogenated alkanes) is 2. The van der Waals surface area contributed by atoms with Crippen LogP contribution < -0.4 is 4.74 Å². The van der Waals surface area contributed by atoms with Crippen molar-refractivity contribution in [2.24, 2.45) is 0 Å². The Balaban J connectivity index is 2.55. The zero-order valence-corrected chi connectivity index (χ0v) is 11.8. The van der Waals surface area contributed by atoms with E-state index in [1.54, 1.807) is 38.1 Å². The molecule has 0 spiro atoms. The maximum atomic E-state index is 11.5. The van der Waals surface area contributed by atoms with Gasteiger partial charge in [-0.05, 0) is 38.0 Å². The second kappa shape index (κ2) is 7.26. The summed E-state index contributed by atoms with van der Waals surface area (Å²) in [5.74, 6) is 0.304. The summed E-state index contributed by atoms with van der Waals surface area (Å²) in [6.45, 7) is 5.59. The van der Waals surface area contributed by atoms with E-state index in [4.69, 9.17) is 9.99 Å². The van der Waals surface area contributed by atoms with E-state index in [9.17, 15) is 4.79 Å². The van der Waals surface area contributed by atoms with Crippen LogP contribution in [-0.4, -0.2) is 11.2 Å². The summed E-state index contributed by atoms with van der Waals surface area (Å²) in [5, 5.41) is 8.80. The van der Waals surface area contributed by atoms with Crippen LogP contribution in [-0.2, 0) is 15.3 Å². The van der Waals surface area contributed by atoms with Gasteiger partial charge in [0.1, 0.15) is 11.4 Å². The van der Waals surface area contributed by atoms with Crippen molar-refractivity contribution >= 4 is 5.97 Å². The molecule has 106 valence electrons. The lowest BCUT2D eigenvalue weighted by molar-refractivity contribution is -0.318. The monoisotopic (exact) mass is 266 g/mol. The Bertz CT molecular complexity index is 395. The third kappa shape index (κ3) is 5.01. The Morgan fingerprint density at radius 2 is 1.84 bits per heavy atom. The van der Waals surface area contributed by atoms with Crippen molar-refractivity contribution in [3.8, 4) is 5.75 Å². The van der Waals surface area contributed by atoms with Crippen LogP contribution in [0.15, 0.2) is 24.3 Å². The number of ether oxygens (including phenoxy) is 1. The second-order valence-corrected chi connectivity index (χ2v) is 5.06. The first-order valence-electron chi connectivity index (χ1n) is 6.63. The van der Waals surface area contributed by atoms with E-state index in [2.05, 4.69) is 11.8 Å². The summed E-state index contributed by atoms with van der Waals surface area (Å²) < 4.78 is 5.22. The van der Waals surface area contributed by atoms with Crippen LogP contribution in [0.4, 0.5) is 0 Å². The molecule has 19 heavy (non-hydrogen) atoms. The molecule has 1 aromatic rings. The molecule has 0 bridgehead atoms. The number of carbonyl (C=O) groups excluding carboxylic acids is 1. The molecule has 0 saturated carbocycles. The maximum Gasteiger partial charge on any atom is 0.311 e. The molecule has 0 atom stereocenters. The predicted octanol–water partition coefficient (Wildman–Crippen LogP) is 3.90. The van der Waals surface area contributed by atoms with Gasteiger partial charge in [0.05, 0.1) is 0 Å². The van der Waals surface area contributed by atoms with Crippen LogP contribution in [0, 0.1) is 0 Å². The van der Waals surface area contributed by atoms with Crippen molar-refractivity contribution in [2.75, 3.05) is 0 Å². The van der Waals surface area contributed by atoms with Gasteiger partial charge in [0.2, 0.25) is 0 Å². The molecule has 1 rings (SSSR count). The van der Waals surface area contributed by atoms with Crippen LogP contribution in [0.1, 0.15) is 52.0 Å². The molecule has 4 nitrogen and oxygen atoms in total. The van der Waals surface area contributed by atoms with Gasteiger partial charge in [0.15, 0.2) is 0 Å². The molecule has 0 fully saturated rings. The molecule has 0 aliphatic carbocycles. The average Bonchev–Trinajstić information content (AvgIpc) is 2.39. The first-order chi connectivity index (χ1) is 8.99. The zero-order valence-electron chi connectivity index (χ0n) is 11.8. The van der Waals surface area contributed by atoms with Crippen LogP contribution in [0.3, 0.4) is 0 Å². The highest BCUT2D eigenvalue weighted by Gasteiger charge is 2.21. The van der Waals surface area contributed by atoms with Gasteiger partial charge in [-0.3, -0.25) is 10.1 Å². The molecule has 0 radical (unpaired) electrons. The van der Waals surface area contributed by atoms with Crippen molar-refractivity contribution < 1.29 is 19.7 Å². The molecular weight excluding hydrogens is 244 g/mol. The molecule has 4 heteroatoms. The van der Waals surface area contributed by atoms with E-state index in [1.165, 1.54) is 0 Å². The third-order valence-corrected chi connectivity index (χ3v) is 2.99. The third-order valence-electron chi connectivity index (χ3n) is 2.99. The van der Waals surface area contributed by atoms with Gasteiger partial charge in [-0.1, -0.05) is 31.9 Å². The molecule has 0 amide bonds. The molecule has 0 aliphatic rings. The van der Waals surface area contributed by atoms with Gasteiger partial charge in [0, 0.05) is 6.42 Å². The second-order valence-electron chi connectivity index (χ2n) is 5.06. The van der Waals surface area contributed by atoms with E-state index < -0.39 is 5.60 Å². The van der Waals surface area contributed by atoms with Crippen molar-refractivity contribution in [3.05, 3.63) is 29.8 Å². The zero-order chi connectivity index (χ0) is 14.3. The van der Waals surface area contributed by atoms with Gasteiger partial charge >= 0.3 is 5.97 Å². The van der Waals surface area contributed by atoms with E-state index in [1.807, 2.05) is 0 Å². The Labute approximate surface area is 114 Å². The standard InChI is InChI=1S/C15H22O4/c1-4-5-6-7-14(16)18-13-10-8-12(9-11-13)15(2,3)19-17/h8-11,17H,4-7H2,1-3H3. The molecule has 0 heterocycles.